The van der Waals surface area contributed by atoms with Gasteiger partial charge in [-0.05, 0) is 6.42 Å². The van der Waals surface area contributed by atoms with Gasteiger partial charge in [0.1, 0.15) is 0 Å². The topological polar surface area (TPSA) is 6.48 Å². The first kappa shape index (κ1) is 17.6. The van der Waals surface area contributed by atoms with Crippen LogP contribution in [0.1, 0.15) is 6.42 Å². The van der Waals surface area contributed by atoms with Gasteiger partial charge in [0.15, 0.2) is 0 Å². The highest BCUT2D eigenvalue weighted by Gasteiger charge is 2.01. The molecule has 0 N–H and O–H groups in total. The Morgan fingerprint density at radius 1 is 0.733 bits per heavy atom. The first-order valence-electron chi connectivity index (χ1n) is 4.37. The maximum Gasteiger partial charge on any atom is 0.0403 e. The molecule has 0 aromatic heterocycles. The second-order valence-corrected chi connectivity index (χ2v) is 3.56. The van der Waals surface area contributed by atoms with Crippen LogP contribution in [0.5, 0.6) is 0 Å². The highest BCUT2D eigenvalue weighted by molar-refractivity contribution is 6.18. The molecule has 15 heavy (non-hydrogen) atoms. The molecule has 0 aromatic carbocycles. The minimum atomic E-state index is 0. The van der Waals surface area contributed by atoms with Gasteiger partial charge >= 0.3 is 0 Å². The predicted molar refractivity (Wildman–Crippen MR) is 72.2 cm³/mol. The summed E-state index contributed by atoms with van der Waals surface area (Å²) in [4.78, 5) is 4.18. The minimum Gasteiger partial charge on any atom is -0.351 e. The van der Waals surface area contributed by atoms with Crippen LogP contribution in [0.25, 0.3) is 0 Å². The molecule has 0 amide bonds. The van der Waals surface area contributed by atoms with E-state index in [0.29, 0.717) is 11.8 Å². The van der Waals surface area contributed by atoms with E-state index in [2.05, 4.69) is 9.80 Å². The van der Waals surface area contributed by atoms with Gasteiger partial charge in [-0.1, -0.05) is 0 Å². The highest BCUT2D eigenvalue weighted by atomic mass is 35.5. The Labute approximate surface area is 114 Å². The molecule has 1 aliphatic heterocycles. The van der Waals surface area contributed by atoms with E-state index in [1.54, 1.807) is 0 Å². The number of hydrogen-bond donors (Lipinski definition) is 0. The lowest BCUT2D eigenvalue weighted by Crippen LogP contribution is -2.22. The molecule has 1 aliphatic rings. The Hall–Kier alpha value is 0.240. The molecule has 0 bridgehead atoms. The van der Waals surface area contributed by atoms with Gasteiger partial charge < -0.3 is 9.80 Å². The van der Waals surface area contributed by atoms with Crippen LogP contribution in [0.15, 0.2) is 24.8 Å². The standard InChI is InChI=1S/C9H14Cl2N2.2ClH/c10-2-1-4-12-6-8-13(5-3-11)9-7-12;;/h6-9H,1-5H2;2*1H. The average molecular weight is 294 g/mol. The van der Waals surface area contributed by atoms with Gasteiger partial charge in [0, 0.05) is 49.6 Å². The van der Waals surface area contributed by atoms with Crippen molar-refractivity contribution in [3.8, 4) is 0 Å². The fourth-order valence-corrected chi connectivity index (χ4v) is 1.39. The van der Waals surface area contributed by atoms with Crippen LogP contribution in [0.2, 0.25) is 0 Å². The first-order chi connectivity index (χ1) is 6.36. The number of alkyl halides is 2. The predicted octanol–water partition coefficient (Wildman–Crippen LogP) is 3.26. The normalized spacial score (nSPS) is 13.5. The van der Waals surface area contributed by atoms with Crippen molar-refractivity contribution in [2.75, 3.05) is 24.8 Å². The smallest absolute Gasteiger partial charge is 0.0403 e. The summed E-state index contributed by atoms with van der Waals surface area (Å²) in [5.74, 6) is 1.36. The molecular weight excluding hydrogens is 278 g/mol. The molecule has 0 saturated heterocycles. The van der Waals surface area contributed by atoms with Gasteiger partial charge in [0.2, 0.25) is 0 Å². The molecule has 0 aromatic rings. The van der Waals surface area contributed by atoms with Gasteiger partial charge in [-0.2, -0.15) is 0 Å². The Kier molecular flexibility index (Phi) is 12.6. The molecular formula is C9H16Cl4N2. The lowest BCUT2D eigenvalue weighted by Gasteiger charge is -2.23. The van der Waals surface area contributed by atoms with E-state index >= 15 is 0 Å². The fraction of sp³-hybridized carbons (Fsp3) is 0.556. The van der Waals surface area contributed by atoms with Crippen molar-refractivity contribution < 1.29 is 0 Å². The maximum atomic E-state index is 5.61. The molecule has 0 radical (unpaired) electrons. The molecule has 90 valence electrons. The van der Waals surface area contributed by atoms with Gasteiger partial charge in [-0.15, -0.1) is 48.0 Å². The highest BCUT2D eigenvalue weighted by Crippen LogP contribution is 2.05. The first-order valence-corrected chi connectivity index (χ1v) is 5.44. The zero-order chi connectivity index (χ0) is 9.52. The molecule has 2 nitrogen and oxygen atoms in total. The van der Waals surface area contributed by atoms with Crippen molar-refractivity contribution in [2.24, 2.45) is 0 Å². The summed E-state index contributed by atoms with van der Waals surface area (Å²) < 4.78 is 0. The Bertz CT molecular complexity index is 183. The Morgan fingerprint density at radius 2 is 1.20 bits per heavy atom. The van der Waals surface area contributed by atoms with Crippen molar-refractivity contribution in [1.29, 1.82) is 0 Å². The zero-order valence-electron chi connectivity index (χ0n) is 8.31. The molecule has 0 spiro atoms. The fourth-order valence-electron chi connectivity index (χ4n) is 1.08. The van der Waals surface area contributed by atoms with Crippen molar-refractivity contribution >= 4 is 48.0 Å². The van der Waals surface area contributed by atoms with Gasteiger partial charge in [0.05, 0.1) is 0 Å². The number of rotatable bonds is 5. The van der Waals surface area contributed by atoms with Crippen LogP contribution in [0.4, 0.5) is 0 Å². The summed E-state index contributed by atoms with van der Waals surface area (Å²) in [7, 11) is 0. The van der Waals surface area contributed by atoms with Gasteiger partial charge in [-0.25, -0.2) is 0 Å². The second-order valence-electron chi connectivity index (χ2n) is 2.80. The van der Waals surface area contributed by atoms with E-state index in [1.807, 2.05) is 24.8 Å². The third kappa shape index (κ3) is 7.18. The van der Waals surface area contributed by atoms with E-state index in [0.717, 1.165) is 19.5 Å². The average Bonchev–Trinajstić information content (AvgIpc) is 2.17. The molecule has 0 unspecified atom stereocenters. The Balaban J connectivity index is 0. The summed E-state index contributed by atoms with van der Waals surface area (Å²) in [6, 6.07) is 0. The van der Waals surface area contributed by atoms with Crippen molar-refractivity contribution in [3.63, 3.8) is 0 Å². The van der Waals surface area contributed by atoms with E-state index in [1.165, 1.54) is 0 Å². The lowest BCUT2D eigenvalue weighted by atomic mass is 10.4. The van der Waals surface area contributed by atoms with Crippen LogP contribution in [0, 0.1) is 0 Å². The minimum absolute atomic E-state index is 0. The van der Waals surface area contributed by atoms with Crippen molar-refractivity contribution in [2.45, 2.75) is 6.42 Å². The quantitative estimate of drug-likeness (QED) is 0.718. The van der Waals surface area contributed by atoms with E-state index < -0.39 is 0 Å². The zero-order valence-corrected chi connectivity index (χ0v) is 11.5. The van der Waals surface area contributed by atoms with Crippen LogP contribution in [-0.4, -0.2) is 34.6 Å². The van der Waals surface area contributed by atoms with Crippen molar-refractivity contribution in [1.82, 2.24) is 9.80 Å². The lowest BCUT2D eigenvalue weighted by molar-refractivity contribution is 0.432. The van der Waals surface area contributed by atoms with E-state index in [4.69, 9.17) is 23.2 Å². The SMILES string of the molecule is Cl.Cl.ClCCCN1C=CN(CCCl)C=C1. The second kappa shape index (κ2) is 10.7. The van der Waals surface area contributed by atoms with Crippen LogP contribution in [-0.2, 0) is 0 Å². The summed E-state index contributed by atoms with van der Waals surface area (Å²) in [5, 5.41) is 0. The molecule has 0 aliphatic carbocycles. The van der Waals surface area contributed by atoms with Crippen LogP contribution < -0.4 is 0 Å². The summed E-state index contributed by atoms with van der Waals surface area (Å²) in [6.45, 7) is 1.84. The summed E-state index contributed by atoms with van der Waals surface area (Å²) in [6.07, 6.45) is 9.14. The van der Waals surface area contributed by atoms with Gasteiger partial charge in [0.25, 0.3) is 0 Å². The van der Waals surface area contributed by atoms with Crippen molar-refractivity contribution in [3.05, 3.63) is 24.8 Å². The van der Waals surface area contributed by atoms with Gasteiger partial charge in [-0.3, -0.25) is 0 Å². The largest absolute Gasteiger partial charge is 0.351 e. The molecule has 0 saturated carbocycles. The molecule has 0 atom stereocenters. The Morgan fingerprint density at radius 3 is 1.60 bits per heavy atom. The summed E-state index contributed by atoms with van der Waals surface area (Å²) >= 11 is 11.2. The molecule has 1 rings (SSSR count). The monoisotopic (exact) mass is 292 g/mol. The number of halogens is 4. The van der Waals surface area contributed by atoms with Crippen LogP contribution >= 0.6 is 48.0 Å². The number of nitrogens with zero attached hydrogens (tertiary/aromatic N) is 2. The van der Waals surface area contributed by atoms with E-state index in [9.17, 15) is 0 Å². The third-order valence-electron chi connectivity index (χ3n) is 1.79. The molecule has 0 fully saturated rings. The summed E-state index contributed by atoms with van der Waals surface area (Å²) in [5.41, 5.74) is 0. The molecule has 1 heterocycles. The maximum absolute atomic E-state index is 5.61. The molecule has 6 heteroatoms. The third-order valence-corrected chi connectivity index (χ3v) is 2.23. The number of hydrogen-bond acceptors (Lipinski definition) is 2. The van der Waals surface area contributed by atoms with E-state index in [-0.39, 0.29) is 24.8 Å². The van der Waals surface area contributed by atoms with Crippen LogP contribution in [0.3, 0.4) is 0 Å².